The van der Waals surface area contributed by atoms with Crippen LogP contribution in [-0.2, 0) is 0 Å². The molecule has 0 radical (unpaired) electrons. The van der Waals surface area contributed by atoms with Gasteiger partial charge in [0.05, 0.1) is 17.9 Å². The summed E-state index contributed by atoms with van der Waals surface area (Å²) in [6.07, 6.45) is 1.50. The zero-order chi connectivity index (χ0) is 24.8. The normalized spacial score (nSPS) is 10.5. The number of anilines is 1. The Bertz CT molecular complexity index is 1380. The van der Waals surface area contributed by atoms with Gasteiger partial charge in [-0.2, -0.15) is 0 Å². The third kappa shape index (κ3) is 6.48. The van der Waals surface area contributed by atoms with Gasteiger partial charge in [-0.05, 0) is 67.2 Å². The number of hydrogen-bond donors (Lipinski definition) is 3. The molecule has 35 heavy (non-hydrogen) atoms. The highest BCUT2D eigenvalue weighted by atomic mass is 35.5. The van der Waals surface area contributed by atoms with Crippen molar-refractivity contribution in [2.24, 2.45) is 0 Å². The molecule has 3 aromatic carbocycles. The van der Waals surface area contributed by atoms with Gasteiger partial charge in [-0.3, -0.25) is 4.79 Å². The number of nitrogens with zero attached hydrogens (tertiary/aromatic N) is 3. The number of rotatable bonds is 7. The molecule has 0 aliphatic rings. The summed E-state index contributed by atoms with van der Waals surface area (Å²) in [5.41, 5.74) is 2.67. The molecule has 4 aromatic rings. The fraction of sp³-hybridized carbons (Fsp3) is 0.0833. The van der Waals surface area contributed by atoms with Crippen molar-refractivity contribution in [2.75, 3.05) is 12.0 Å². The molecule has 1 aromatic heterocycles. The number of nitrogens with one attached hydrogen (secondary N) is 3. The van der Waals surface area contributed by atoms with Crippen molar-refractivity contribution in [3.8, 4) is 17.2 Å². The molecular weight excluding hydrogens is 507 g/mol. The van der Waals surface area contributed by atoms with Gasteiger partial charge in [-0.15, -0.1) is 5.10 Å². The first-order valence-corrected chi connectivity index (χ1v) is 11.6. The van der Waals surface area contributed by atoms with Crippen molar-refractivity contribution < 1.29 is 9.53 Å². The molecule has 1 amide bonds. The summed E-state index contributed by atoms with van der Waals surface area (Å²) in [5.74, 6) is 0.493. The van der Waals surface area contributed by atoms with Gasteiger partial charge >= 0.3 is 0 Å². The van der Waals surface area contributed by atoms with Crippen molar-refractivity contribution in [2.45, 2.75) is 6.92 Å². The van der Waals surface area contributed by atoms with Gasteiger partial charge in [-0.25, -0.2) is 4.68 Å². The van der Waals surface area contributed by atoms with Crippen LogP contribution < -0.4 is 20.7 Å². The van der Waals surface area contributed by atoms with Crippen molar-refractivity contribution in [1.29, 1.82) is 0 Å². The highest BCUT2D eigenvalue weighted by Crippen LogP contribution is 2.34. The highest BCUT2D eigenvalue weighted by molar-refractivity contribution is 7.80. The molecular formula is C24H20Cl2N6O2S. The van der Waals surface area contributed by atoms with E-state index >= 15 is 0 Å². The smallest absolute Gasteiger partial charge is 0.274 e. The molecule has 0 fully saturated rings. The third-order valence-corrected chi connectivity index (χ3v) is 5.50. The number of ether oxygens (including phenoxy) is 1. The van der Waals surface area contributed by atoms with Crippen LogP contribution in [0.4, 0.5) is 5.69 Å². The maximum absolute atomic E-state index is 12.5. The van der Waals surface area contributed by atoms with Crippen molar-refractivity contribution in [3.63, 3.8) is 0 Å². The van der Waals surface area contributed by atoms with Crippen LogP contribution in [0.3, 0.4) is 0 Å². The van der Waals surface area contributed by atoms with E-state index in [1.807, 2.05) is 43.3 Å². The summed E-state index contributed by atoms with van der Waals surface area (Å²) >= 11 is 17.5. The zero-order valence-electron chi connectivity index (χ0n) is 18.5. The Morgan fingerprint density at radius 1 is 1.03 bits per heavy atom. The van der Waals surface area contributed by atoms with Crippen LogP contribution in [0.25, 0.3) is 5.69 Å². The first kappa shape index (κ1) is 24.5. The Morgan fingerprint density at radius 3 is 2.66 bits per heavy atom. The SMILES string of the molecule is Cc1cccc(NC(=S)NCNC(=O)c2cn(-c3ccccc3Oc3ccc(Cl)cc3Cl)nn2)c1. The van der Waals surface area contributed by atoms with Crippen LogP contribution >= 0.6 is 35.4 Å². The number of aromatic nitrogens is 3. The van der Waals surface area contributed by atoms with Gasteiger partial charge in [0.15, 0.2) is 16.6 Å². The Kier molecular flexibility index (Phi) is 7.81. The molecule has 178 valence electrons. The lowest BCUT2D eigenvalue weighted by Crippen LogP contribution is -2.39. The molecule has 11 heteroatoms. The average Bonchev–Trinajstić information content (AvgIpc) is 3.31. The summed E-state index contributed by atoms with van der Waals surface area (Å²) in [6, 6.07) is 19.9. The highest BCUT2D eigenvalue weighted by Gasteiger charge is 2.15. The summed E-state index contributed by atoms with van der Waals surface area (Å²) in [5, 5.41) is 18.0. The topological polar surface area (TPSA) is 93.1 Å². The number of thiocarbonyl (C=S) groups is 1. The monoisotopic (exact) mass is 526 g/mol. The van der Waals surface area contributed by atoms with Crippen LogP contribution in [-0.4, -0.2) is 32.7 Å². The number of aryl methyl sites for hydroxylation is 1. The molecule has 1 heterocycles. The molecule has 0 aliphatic heterocycles. The predicted octanol–water partition coefficient (Wildman–Crippen LogP) is 5.35. The zero-order valence-corrected chi connectivity index (χ0v) is 20.8. The lowest BCUT2D eigenvalue weighted by atomic mass is 10.2. The molecule has 0 unspecified atom stereocenters. The average molecular weight is 527 g/mol. The quantitative estimate of drug-likeness (QED) is 0.221. The van der Waals surface area contributed by atoms with Gasteiger partial charge in [0, 0.05) is 10.7 Å². The number of amides is 1. The van der Waals surface area contributed by atoms with E-state index in [0.29, 0.717) is 32.3 Å². The van der Waals surface area contributed by atoms with E-state index in [-0.39, 0.29) is 12.4 Å². The van der Waals surface area contributed by atoms with Gasteiger partial charge in [0.1, 0.15) is 11.4 Å². The Morgan fingerprint density at radius 2 is 1.86 bits per heavy atom. The van der Waals surface area contributed by atoms with Crippen LogP contribution in [0, 0.1) is 6.92 Å². The minimum Gasteiger partial charge on any atom is -0.454 e. The second-order valence-electron chi connectivity index (χ2n) is 7.38. The molecule has 0 aliphatic carbocycles. The van der Waals surface area contributed by atoms with Crippen molar-refractivity contribution >= 4 is 52.1 Å². The molecule has 0 atom stereocenters. The fourth-order valence-electron chi connectivity index (χ4n) is 3.09. The minimum atomic E-state index is -0.416. The van der Waals surface area contributed by atoms with Crippen LogP contribution in [0.5, 0.6) is 11.5 Å². The van der Waals surface area contributed by atoms with Gasteiger partial charge in [0.25, 0.3) is 5.91 Å². The lowest BCUT2D eigenvalue weighted by Gasteiger charge is -2.12. The van der Waals surface area contributed by atoms with Gasteiger partial charge in [-0.1, -0.05) is 52.7 Å². The van der Waals surface area contributed by atoms with Crippen LogP contribution in [0.2, 0.25) is 10.0 Å². The minimum absolute atomic E-state index is 0.109. The molecule has 3 N–H and O–H groups in total. The predicted molar refractivity (Wildman–Crippen MR) is 141 cm³/mol. The maximum atomic E-state index is 12.5. The standard InChI is InChI=1S/C24H20Cl2N6O2S/c1-15-5-4-6-17(11-15)29-24(35)28-14-27-23(33)19-13-32(31-30-19)20-7-2-3-8-22(20)34-21-10-9-16(25)12-18(21)26/h2-13H,14H2,1H3,(H,27,33)(H2,28,29,35). The van der Waals surface area contributed by atoms with Crippen LogP contribution in [0.15, 0.2) is 72.9 Å². The summed E-state index contributed by atoms with van der Waals surface area (Å²) in [7, 11) is 0. The molecule has 8 nitrogen and oxygen atoms in total. The first-order chi connectivity index (χ1) is 16.9. The largest absolute Gasteiger partial charge is 0.454 e. The second-order valence-corrected chi connectivity index (χ2v) is 8.63. The van der Waals surface area contributed by atoms with E-state index in [1.54, 1.807) is 30.3 Å². The van der Waals surface area contributed by atoms with E-state index < -0.39 is 5.91 Å². The van der Waals surface area contributed by atoms with E-state index in [0.717, 1.165) is 11.3 Å². The molecule has 0 spiro atoms. The molecule has 0 saturated heterocycles. The van der Waals surface area contributed by atoms with Gasteiger partial charge in [0.2, 0.25) is 0 Å². The summed E-state index contributed by atoms with van der Waals surface area (Å²) in [6.45, 7) is 2.10. The number of halogens is 2. The number of para-hydroxylation sites is 2. The Hall–Kier alpha value is -3.66. The maximum Gasteiger partial charge on any atom is 0.274 e. The van der Waals surface area contributed by atoms with Crippen molar-refractivity contribution in [1.82, 2.24) is 25.6 Å². The van der Waals surface area contributed by atoms with E-state index in [1.165, 1.54) is 10.9 Å². The number of carbonyl (C=O) groups excluding carboxylic acids is 1. The van der Waals surface area contributed by atoms with Crippen LogP contribution in [0.1, 0.15) is 16.1 Å². The second kappa shape index (κ2) is 11.2. The summed E-state index contributed by atoms with van der Waals surface area (Å²) in [4.78, 5) is 12.5. The van der Waals surface area contributed by atoms with Crippen molar-refractivity contribution in [3.05, 3.63) is 94.2 Å². The van der Waals surface area contributed by atoms with E-state index in [4.69, 9.17) is 40.2 Å². The number of benzene rings is 3. The molecule has 0 bridgehead atoms. The first-order valence-electron chi connectivity index (χ1n) is 10.4. The summed E-state index contributed by atoms with van der Waals surface area (Å²) < 4.78 is 7.41. The Balaban J connectivity index is 1.37. The van der Waals surface area contributed by atoms with E-state index in [2.05, 4.69) is 26.3 Å². The number of hydrogen-bond acceptors (Lipinski definition) is 5. The van der Waals surface area contributed by atoms with Gasteiger partial charge < -0.3 is 20.7 Å². The van der Waals surface area contributed by atoms with E-state index in [9.17, 15) is 4.79 Å². The lowest BCUT2D eigenvalue weighted by molar-refractivity contribution is 0.0948. The fourth-order valence-corrected chi connectivity index (χ4v) is 3.73. The Labute approximate surface area is 217 Å². The molecule has 0 saturated carbocycles. The molecule has 4 rings (SSSR count). The number of carbonyl (C=O) groups is 1. The third-order valence-electron chi connectivity index (χ3n) is 4.73.